The standard InChI is InChI=1S/C12H18FNO/c1-7(2)10(6-14)9-4-8(3)5-11(13)12(9)15/h4-5,7,10,15H,6,14H2,1-3H3. The zero-order valence-corrected chi connectivity index (χ0v) is 9.42. The van der Waals surface area contributed by atoms with Crippen LogP contribution >= 0.6 is 0 Å². The first-order valence-corrected chi connectivity index (χ1v) is 5.16. The van der Waals surface area contributed by atoms with Gasteiger partial charge in [-0.05, 0) is 31.0 Å². The van der Waals surface area contributed by atoms with Crippen LogP contribution in [0, 0.1) is 18.7 Å². The van der Waals surface area contributed by atoms with Crippen LogP contribution in [0.3, 0.4) is 0 Å². The third kappa shape index (κ3) is 2.48. The number of aromatic hydroxyl groups is 1. The van der Waals surface area contributed by atoms with E-state index in [2.05, 4.69) is 0 Å². The van der Waals surface area contributed by atoms with Crippen LogP contribution in [-0.4, -0.2) is 11.7 Å². The van der Waals surface area contributed by atoms with E-state index in [0.717, 1.165) is 5.56 Å². The number of hydrogen-bond acceptors (Lipinski definition) is 2. The fraction of sp³-hybridized carbons (Fsp3) is 0.500. The topological polar surface area (TPSA) is 46.2 Å². The van der Waals surface area contributed by atoms with Gasteiger partial charge in [0.25, 0.3) is 0 Å². The molecule has 0 aliphatic rings. The molecule has 1 aromatic rings. The van der Waals surface area contributed by atoms with E-state index in [9.17, 15) is 9.50 Å². The largest absolute Gasteiger partial charge is 0.505 e. The number of rotatable bonds is 3. The average molecular weight is 211 g/mol. The number of phenols is 1. The molecule has 0 heterocycles. The van der Waals surface area contributed by atoms with Gasteiger partial charge in [-0.3, -0.25) is 0 Å². The molecule has 1 unspecified atom stereocenters. The smallest absolute Gasteiger partial charge is 0.165 e. The summed E-state index contributed by atoms with van der Waals surface area (Å²) in [6.45, 7) is 6.24. The fourth-order valence-corrected chi connectivity index (χ4v) is 1.80. The molecule has 1 aromatic carbocycles. The van der Waals surface area contributed by atoms with Crippen molar-refractivity contribution in [2.24, 2.45) is 11.7 Å². The molecule has 2 nitrogen and oxygen atoms in total. The lowest BCUT2D eigenvalue weighted by Gasteiger charge is -2.21. The van der Waals surface area contributed by atoms with Crippen molar-refractivity contribution in [3.63, 3.8) is 0 Å². The van der Waals surface area contributed by atoms with Crippen LogP contribution in [0.5, 0.6) is 5.75 Å². The monoisotopic (exact) mass is 211 g/mol. The Labute approximate surface area is 89.9 Å². The minimum absolute atomic E-state index is 0.000556. The van der Waals surface area contributed by atoms with Crippen LogP contribution in [0.2, 0.25) is 0 Å². The van der Waals surface area contributed by atoms with E-state index in [-0.39, 0.29) is 17.6 Å². The summed E-state index contributed by atoms with van der Waals surface area (Å²) < 4.78 is 13.3. The molecule has 0 aliphatic carbocycles. The maximum atomic E-state index is 13.3. The molecule has 0 amide bonds. The van der Waals surface area contributed by atoms with Crippen molar-refractivity contribution in [2.75, 3.05) is 6.54 Å². The van der Waals surface area contributed by atoms with Crippen molar-refractivity contribution in [3.8, 4) is 5.75 Å². The van der Waals surface area contributed by atoms with Crippen LogP contribution in [0.4, 0.5) is 4.39 Å². The average Bonchev–Trinajstić information content (AvgIpc) is 2.13. The molecule has 0 spiro atoms. The van der Waals surface area contributed by atoms with Crippen molar-refractivity contribution in [2.45, 2.75) is 26.7 Å². The zero-order valence-electron chi connectivity index (χ0n) is 9.42. The van der Waals surface area contributed by atoms with Crippen LogP contribution < -0.4 is 5.73 Å². The molecule has 0 radical (unpaired) electrons. The lowest BCUT2D eigenvalue weighted by atomic mass is 9.87. The zero-order chi connectivity index (χ0) is 11.6. The SMILES string of the molecule is Cc1cc(F)c(O)c(C(CN)C(C)C)c1. The number of aryl methyl sites for hydroxylation is 1. The van der Waals surface area contributed by atoms with Gasteiger partial charge < -0.3 is 10.8 Å². The van der Waals surface area contributed by atoms with Crippen LogP contribution in [0.25, 0.3) is 0 Å². The Morgan fingerprint density at radius 2 is 2.00 bits per heavy atom. The Bertz CT molecular complexity index is 350. The lowest BCUT2D eigenvalue weighted by Crippen LogP contribution is -2.18. The van der Waals surface area contributed by atoms with Gasteiger partial charge in [-0.25, -0.2) is 4.39 Å². The van der Waals surface area contributed by atoms with Gasteiger partial charge >= 0.3 is 0 Å². The second-order valence-corrected chi connectivity index (χ2v) is 4.27. The Balaban J connectivity index is 3.22. The second kappa shape index (κ2) is 4.62. The Morgan fingerprint density at radius 3 is 2.47 bits per heavy atom. The molecular formula is C12H18FNO. The highest BCUT2D eigenvalue weighted by molar-refractivity contribution is 5.40. The summed E-state index contributed by atoms with van der Waals surface area (Å²) in [6.07, 6.45) is 0. The van der Waals surface area contributed by atoms with Crippen molar-refractivity contribution in [1.29, 1.82) is 0 Å². The quantitative estimate of drug-likeness (QED) is 0.807. The first kappa shape index (κ1) is 12.0. The van der Waals surface area contributed by atoms with Gasteiger partial charge in [0.15, 0.2) is 11.6 Å². The van der Waals surface area contributed by atoms with E-state index < -0.39 is 5.82 Å². The van der Waals surface area contributed by atoms with E-state index in [1.54, 1.807) is 13.0 Å². The van der Waals surface area contributed by atoms with Crippen molar-refractivity contribution < 1.29 is 9.50 Å². The molecule has 3 heteroatoms. The highest BCUT2D eigenvalue weighted by atomic mass is 19.1. The molecule has 0 fully saturated rings. The summed E-state index contributed by atoms with van der Waals surface area (Å²) >= 11 is 0. The van der Waals surface area contributed by atoms with Crippen LogP contribution in [0.15, 0.2) is 12.1 Å². The van der Waals surface area contributed by atoms with Gasteiger partial charge in [0.2, 0.25) is 0 Å². The fourth-order valence-electron chi connectivity index (χ4n) is 1.80. The van der Waals surface area contributed by atoms with Gasteiger partial charge in [0.1, 0.15) is 0 Å². The van der Waals surface area contributed by atoms with Gasteiger partial charge in [-0.15, -0.1) is 0 Å². The molecule has 0 saturated heterocycles. The summed E-state index contributed by atoms with van der Waals surface area (Å²) in [5, 5.41) is 9.64. The Hall–Kier alpha value is -1.09. The molecule has 1 atom stereocenters. The van der Waals surface area contributed by atoms with Gasteiger partial charge in [0.05, 0.1) is 0 Å². The lowest BCUT2D eigenvalue weighted by molar-refractivity contribution is 0.406. The Kier molecular flexibility index (Phi) is 3.69. The molecule has 84 valence electrons. The van der Waals surface area contributed by atoms with Crippen molar-refractivity contribution >= 4 is 0 Å². The summed E-state index contributed by atoms with van der Waals surface area (Å²) in [6, 6.07) is 3.13. The normalized spacial score (nSPS) is 13.2. The summed E-state index contributed by atoms with van der Waals surface area (Å²) in [5.41, 5.74) is 7.06. The molecule has 1 rings (SSSR count). The maximum absolute atomic E-state index is 13.3. The van der Waals surface area contributed by atoms with Crippen LogP contribution in [0.1, 0.15) is 30.9 Å². The second-order valence-electron chi connectivity index (χ2n) is 4.27. The highest BCUT2D eigenvalue weighted by Gasteiger charge is 2.20. The van der Waals surface area contributed by atoms with Gasteiger partial charge in [-0.1, -0.05) is 19.9 Å². The first-order valence-electron chi connectivity index (χ1n) is 5.16. The molecule has 0 saturated carbocycles. The van der Waals surface area contributed by atoms with E-state index in [4.69, 9.17) is 5.73 Å². The van der Waals surface area contributed by atoms with E-state index in [0.29, 0.717) is 12.1 Å². The minimum atomic E-state index is -0.566. The maximum Gasteiger partial charge on any atom is 0.165 e. The number of nitrogens with two attached hydrogens (primary N) is 1. The summed E-state index contributed by atoms with van der Waals surface area (Å²) in [5.74, 6) is -0.546. The Morgan fingerprint density at radius 1 is 1.40 bits per heavy atom. The van der Waals surface area contributed by atoms with Crippen LogP contribution in [-0.2, 0) is 0 Å². The van der Waals surface area contributed by atoms with Gasteiger partial charge in [-0.2, -0.15) is 0 Å². The van der Waals surface area contributed by atoms with E-state index in [1.807, 2.05) is 13.8 Å². The summed E-state index contributed by atoms with van der Waals surface area (Å²) in [4.78, 5) is 0. The minimum Gasteiger partial charge on any atom is -0.505 e. The van der Waals surface area contributed by atoms with Crippen molar-refractivity contribution in [1.82, 2.24) is 0 Å². The highest BCUT2D eigenvalue weighted by Crippen LogP contribution is 2.33. The number of benzene rings is 1. The number of halogens is 1. The molecule has 0 aromatic heterocycles. The van der Waals surface area contributed by atoms with E-state index >= 15 is 0 Å². The first-order chi connectivity index (χ1) is 6.97. The molecule has 3 N–H and O–H groups in total. The third-order valence-corrected chi connectivity index (χ3v) is 2.70. The van der Waals surface area contributed by atoms with Crippen molar-refractivity contribution in [3.05, 3.63) is 29.1 Å². The molecule has 0 aliphatic heterocycles. The van der Waals surface area contributed by atoms with Gasteiger partial charge in [0, 0.05) is 11.5 Å². The molecule has 15 heavy (non-hydrogen) atoms. The summed E-state index contributed by atoms with van der Waals surface area (Å²) in [7, 11) is 0. The van der Waals surface area contributed by atoms with E-state index in [1.165, 1.54) is 6.07 Å². The number of hydrogen-bond donors (Lipinski definition) is 2. The number of phenolic OH excluding ortho intramolecular Hbond substituents is 1. The third-order valence-electron chi connectivity index (χ3n) is 2.70. The molecular weight excluding hydrogens is 193 g/mol. The predicted molar refractivity (Wildman–Crippen MR) is 59.4 cm³/mol. The molecule has 0 bridgehead atoms. The predicted octanol–water partition coefficient (Wildman–Crippen LogP) is 2.54.